The van der Waals surface area contributed by atoms with Gasteiger partial charge in [-0.15, -0.1) is 0 Å². The molecule has 2 aliphatic rings. The average molecular weight is 548 g/mol. The zero-order valence-electron chi connectivity index (χ0n) is 22.1. The number of sulfone groups is 1. The number of nitrogens with zero attached hydrogens (tertiary/aromatic N) is 3. The molecule has 1 aromatic heterocycles. The van der Waals surface area contributed by atoms with E-state index in [1.165, 1.54) is 0 Å². The monoisotopic (exact) mass is 547 g/mol. The van der Waals surface area contributed by atoms with Crippen molar-refractivity contribution in [3.05, 3.63) is 36.0 Å². The number of amides is 2. The zero-order valence-corrected chi connectivity index (χ0v) is 22.9. The number of carbonyl (C=O) groups is 1. The predicted octanol–water partition coefficient (Wildman–Crippen LogP) is 2.05. The minimum absolute atomic E-state index is 0.0605. The third-order valence-corrected chi connectivity index (χ3v) is 9.47. The van der Waals surface area contributed by atoms with Crippen molar-refractivity contribution >= 4 is 27.4 Å². The Labute approximate surface area is 223 Å². The molecule has 0 unspecified atom stereocenters. The zero-order chi connectivity index (χ0) is 27.6. The van der Waals surface area contributed by atoms with Crippen LogP contribution >= 0.6 is 0 Å². The van der Waals surface area contributed by atoms with E-state index in [1.807, 2.05) is 6.92 Å². The number of aromatic nitrogens is 2. The Hall–Kier alpha value is -2.80. The summed E-state index contributed by atoms with van der Waals surface area (Å²) in [5.41, 5.74) is 0.617. The number of anilines is 2. The van der Waals surface area contributed by atoms with E-state index in [4.69, 9.17) is 19.8 Å². The second-order valence-corrected chi connectivity index (χ2v) is 13.0. The summed E-state index contributed by atoms with van der Waals surface area (Å²) in [7, 11) is -3.59. The summed E-state index contributed by atoms with van der Waals surface area (Å²) >= 11 is 0. The molecule has 4 N–H and O–H groups in total. The number of hydrogen-bond donors (Lipinski definition) is 4. The highest BCUT2D eigenvalue weighted by atomic mass is 32.2. The van der Waals surface area contributed by atoms with Gasteiger partial charge < -0.3 is 30.5 Å². The molecule has 208 valence electrons. The van der Waals surface area contributed by atoms with E-state index in [9.17, 15) is 18.3 Å². The summed E-state index contributed by atoms with van der Waals surface area (Å²) in [5.74, 6) is 0.921. The molecule has 11 nitrogen and oxygen atoms in total. The Morgan fingerprint density at radius 1 is 1.24 bits per heavy atom. The SMILES string of the molecule is C[C@H]1COCCN1c1cc(C2(S(=O)(=O)CCC(C)(C)O)CC2)nc(-c2ccc(NC(=O)NCCO)cc2)n1. The third-order valence-electron chi connectivity index (χ3n) is 6.92. The molecule has 4 rings (SSSR count). The number of aliphatic hydroxyl groups is 2. The lowest BCUT2D eigenvalue weighted by molar-refractivity contribution is 0.0771. The molecule has 2 aromatic rings. The molecule has 1 aromatic carbocycles. The topological polar surface area (TPSA) is 154 Å². The van der Waals surface area contributed by atoms with Crippen LogP contribution in [-0.2, 0) is 19.3 Å². The molecule has 1 atom stereocenters. The van der Waals surface area contributed by atoms with Crippen molar-refractivity contribution in [2.24, 2.45) is 0 Å². The van der Waals surface area contributed by atoms with Crippen molar-refractivity contribution in [3.63, 3.8) is 0 Å². The van der Waals surface area contributed by atoms with E-state index < -0.39 is 26.2 Å². The second kappa shape index (κ2) is 11.1. The van der Waals surface area contributed by atoms with Gasteiger partial charge in [0.1, 0.15) is 10.6 Å². The minimum atomic E-state index is -3.59. The Kier molecular flexibility index (Phi) is 8.26. The first-order chi connectivity index (χ1) is 17.9. The average Bonchev–Trinajstić information content (AvgIpc) is 3.69. The van der Waals surface area contributed by atoms with Gasteiger partial charge in [0.15, 0.2) is 15.7 Å². The maximum absolute atomic E-state index is 13.5. The van der Waals surface area contributed by atoms with Crippen LogP contribution in [0, 0.1) is 0 Å². The molecule has 0 radical (unpaired) electrons. The van der Waals surface area contributed by atoms with Crippen LogP contribution in [0.15, 0.2) is 30.3 Å². The highest BCUT2D eigenvalue weighted by Crippen LogP contribution is 2.53. The quantitative estimate of drug-likeness (QED) is 0.350. The van der Waals surface area contributed by atoms with Crippen molar-refractivity contribution in [2.45, 2.75) is 56.4 Å². The molecule has 1 aliphatic carbocycles. The van der Waals surface area contributed by atoms with Crippen molar-refractivity contribution in [3.8, 4) is 11.4 Å². The van der Waals surface area contributed by atoms with E-state index in [0.717, 1.165) is 0 Å². The summed E-state index contributed by atoms with van der Waals surface area (Å²) in [6, 6.07) is 8.40. The van der Waals surface area contributed by atoms with Gasteiger partial charge in [0, 0.05) is 30.4 Å². The van der Waals surface area contributed by atoms with Crippen molar-refractivity contribution in [2.75, 3.05) is 48.9 Å². The van der Waals surface area contributed by atoms with Gasteiger partial charge >= 0.3 is 6.03 Å². The van der Waals surface area contributed by atoms with Crippen LogP contribution in [0.5, 0.6) is 0 Å². The van der Waals surface area contributed by atoms with Crippen molar-refractivity contribution < 1.29 is 28.2 Å². The van der Waals surface area contributed by atoms with Crippen LogP contribution < -0.4 is 15.5 Å². The molecular formula is C26H37N5O6S. The van der Waals surface area contributed by atoms with Crippen LogP contribution in [-0.4, -0.2) is 84.9 Å². The standard InChI is InChI=1S/C26H37N5O6S/c1-18-17-37-14-12-31(18)22-16-21(26(8-9-26)38(35,36)15-10-25(2,3)34)29-23(30-22)19-4-6-20(7-5-19)28-24(33)27-11-13-32/h4-7,16,18,32,34H,8-15,17H2,1-3H3,(H2,27,28,33)/t18-/m0/s1. The second-order valence-electron chi connectivity index (χ2n) is 10.6. The van der Waals surface area contributed by atoms with Crippen LogP contribution in [0.4, 0.5) is 16.3 Å². The number of rotatable bonds is 10. The fourth-order valence-corrected chi connectivity index (χ4v) is 6.78. The molecule has 1 saturated carbocycles. The number of nitrogens with one attached hydrogen (secondary N) is 2. The number of urea groups is 1. The maximum atomic E-state index is 13.5. The van der Waals surface area contributed by atoms with Gasteiger partial charge in [0.05, 0.1) is 42.9 Å². The van der Waals surface area contributed by atoms with Gasteiger partial charge in [-0.1, -0.05) is 0 Å². The van der Waals surface area contributed by atoms with E-state index in [1.54, 1.807) is 44.2 Å². The lowest BCUT2D eigenvalue weighted by Gasteiger charge is -2.35. The molecule has 2 fully saturated rings. The van der Waals surface area contributed by atoms with Gasteiger partial charge in [-0.05, 0) is 64.3 Å². The van der Waals surface area contributed by atoms with Gasteiger partial charge in [-0.25, -0.2) is 23.2 Å². The smallest absolute Gasteiger partial charge is 0.319 e. The summed E-state index contributed by atoms with van der Waals surface area (Å²) in [6.45, 7) is 6.97. The van der Waals surface area contributed by atoms with Crippen molar-refractivity contribution in [1.82, 2.24) is 15.3 Å². The Morgan fingerprint density at radius 3 is 2.55 bits per heavy atom. The molecule has 1 saturated heterocycles. The first-order valence-corrected chi connectivity index (χ1v) is 14.5. The number of morpholine rings is 1. The highest BCUT2D eigenvalue weighted by Gasteiger charge is 2.57. The van der Waals surface area contributed by atoms with E-state index >= 15 is 0 Å². The summed E-state index contributed by atoms with van der Waals surface area (Å²) in [5, 5.41) is 24.2. The predicted molar refractivity (Wildman–Crippen MR) is 145 cm³/mol. The van der Waals surface area contributed by atoms with E-state index in [2.05, 4.69) is 15.5 Å². The fraction of sp³-hybridized carbons (Fsp3) is 0.577. The molecule has 0 bridgehead atoms. The van der Waals surface area contributed by atoms with Crippen LogP contribution in [0.25, 0.3) is 11.4 Å². The first-order valence-electron chi connectivity index (χ1n) is 12.9. The summed E-state index contributed by atoms with van der Waals surface area (Å²) in [4.78, 5) is 23.6. The molecule has 12 heteroatoms. The molecule has 1 aliphatic heterocycles. The van der Waals surface area contributed by atoms with E-state index in [0.29, 0.717) is 61.2 Å². The van der Waals surface area contributed by atoms with Crippen LogP contribution in [0.1, 0.15) is 45.7 Å². The molecule has 38 heavy (non-hydrogen) atoms. The lowest BCUT2D eigenvalue weighted by Crippen LogP contribution is -2.44. The van der Waals surface area contributed by atoms with Crippen LogP contribution in [0.3, 0.4) is 0 Å². The molecule has 0 spiro atoms. The Bertz CT molecular complexity index is 1240. The largest absolute Gasteiger partial charge is 0.395 e. The van der Waals surface area contributed by atoms with Gasteiger partial charge in [-0.3, -0.25) is 0 Å². The fourth-order valence-electron chi connectivity index (χ4n) is 4.48. The summed E-state index contributed by atoms with van der Waals surface area (Å²) in [6.07, 6.45) is 1.09. The molecule has 2 heterocycles. The molecular weight excluding hydrogens is 510 g/mol. The summed E-state index contributed by atoms with van der Waals surface area (Å²) < 4.78 is 31.5. The normalized spacial score (nSPS) is 19.2. The lowest BCUT2D eigenvalue weighted by atomic mass is 10.1. The Balaban J connectivity index is 1.69. The maximum Gasteiger partial charge on any atom is 0.319 e. The van der Waals surface area contributed by atoms with Gasteiger partial charge in [-0.2, -0.15) is 0 Å². The van der Waals surface area contributed by atoms with Crippen molar-refractivity contribution in [1.29, 1.82) is 0 Å². The van der Waals surface area contributed by atoms with Gasteiger partial charge in [0.2, 0.25) is 0 Å². The van der Waals surface area contributed by atoms with Crippen LogP contribution in [0.2, 0.25) is 0 Å². The number of ether oxygens (including phenoxy) is 1. The molecule has 2 amide bonds. The number of carbonyl (C=O) groups excluding carboxylic acids is 1. The first kappa shape index (κ1) is 28.2. The number of benzene rings is 1. The van der Waals surface area contributed by atoms with Gasteiger partial charge in [0.25, 0.3) is 0 Å². The number of hydrogen-bond acceptors (Lipinski definition) is 9. The highest BCUT2D eigenvalue weighted by molar-refractivity contribution is 7.92. The van der Waals surface area contributed by atoms with E-state index in [-0.39, 0.29) is 31.4 Å². The third kappa shape index (κ3) is 6.42. The number of aliphatic hydroxyl groups excluding tert-OH is 1. The minimum Gasteiger partial charge on any atom is -0.395 e. The Morgan fingerprint density at radius 2 is 1.95 bits per heavy atom.